The maximum Gasteiger partial charge on any atom is 0.408 e. The Hall–Kier alpha value is -0.725. The molecule has 1 heterocycles. The van der Waals surface area contributed by atoms with Crippen LogP contribution in [0.2, 0.25) is 0 Å². The number of hydrogen-bond acceptors (Lipinski definition) is 0. The van der Waals surface area contributed by atoms with Crippen molar-refractivity contribution in [3.8, 4) is 0 Å². The summed E-state index contributed by atoms with van der Waals surface area (Å²) in [6.07, 6.45) is 5.62. The molecule has 1 aromatic rings. The van der Waals surface area contributed by atoms with Gasteiger partial charge in [-0.3, -0.25) is 0 Å². The number of rotatable bonds is 1. The minimum Gasteiger partial charge on any atom is -0.306 e. The van der Waals surface area contributed by atoms with Crippen molar-refractivity contribution in [2.75, 3.05) is 0 Å². The molecule has 0 unspecified atom stereocenters. The Morgan fingerprint density at radius 3 is 2.44 bits per heavy atom. The zero-order valence-corrected chi connectivity index (χ0v) is 5.78. The van der Waals surface area contributed by atoms with Crippen molar-refractivity contribution >= 4 is 7.98 Å². The van der Waals surface area contributed by atoms with Gasteiger partial charge in [-0.2, -0.15) is 0 Å². The monoisotopic (exact) mass is 121 g/mol. The molecule has 0 saturated heterocycles. The normalized spacial score (nSPS) is 10.6. The van der Waals surface area contributed by atoms with Gasteiger partial charge >= 0.3 is 7.98 Å². The molecule has 0 N–H and O–H groups in total. The fourth-order valence-electron chi connectivity index (χ4n) is 0.690. The van der Waals surface area contributed by atoms with Gasteiger partial charge in [-0.1, -0.05) is 0 Å². The third kappa shape index (κ3) is 1.34. The van der Waals surface area contributed by atoms with E-state index in [0.717, 1.165) is 0 Å². The van der Waals surface area contributed by atoms with Crippen LogP contribution < -0.4 is 4.48 Å². The molecule has 0 bridgehead atoms. The Labute approximate surface area is 56.5 Å². The molecule has 0 fully saturated rings. The molecule has 0 saturated carbocycles. The van der Waals surface area contributed by atoms with Crippen molar-refractivity contribution in [2.24, 2.45) is 0 Å². The lowest BCUT2D eigenvalue weighted by Gasteiger charge is -1.95. The van der Waals surface area contributed by atoms with Gasteiger partial charge in [0.15, 0.2) is 0 Å². The van der Waals surface area contributed by atoms with Crippen LogP contribution in [-0.4, -0.2) is 12.5 Å². The highest BCUT2D eigenvalue weighted by Crippen LogP contribution is 1.98. The highest BCUT2D eigenvalue weighted by molar-refractivity contribution is 5.94. The lowest BCUT2D eigenvalue weighted by atomic mass is 10.4. The van der Waals surface area contributed by atoms with E-state index in [0.29, 0.717) is 6.04 Å². The minimum absolute atomic E-state index is 0.495. The first-order chi connectivity index (χ1) is 4.20. The summed E-state index contributed by atoms with van der Waals surface area (Å²) < 4.78 is 3.58. The molecule has 0 amide bonds. The van der Waals surface area contributed by atoms with Gasteiger partial charge in [0.1, 0.15) is 12.4 Å². The van der Waals surface area contributed by atoms with Crippen LogP contribution in [0.5, 0.6) is 0 Å². The van der Waals surface area contributed by atoms with Crippen molar-refractivity contribution in [1.82, 2.24) is 4.57 Å². The van der Waals surface area contributed by atoms with Gasteiger partial charge in [-0.05, 0) is 13.8 Å². The zero-order valence-electron chi connectivity index (χ0n) is 5.78. The molecule has 1 rings (SSSR count). The Bertz CT molecular complexity index is 193. The highest BCUT2D eigenvalue weighted by Gasteiger charge is 2.01. The van der Waals surface area contributed by atoms with E-state index in [1.807, 2.05) is 23.3 Å². The first-order valence-electron chi connectivity index (χ1n) is 3.04. The fourth-order valence-corrected chi connectivity index (χ4v) is 0.690. The predicted molar refractivity (Wildman–Crippen MR) is 36.2 cm³/mol. The standard InChI is InChI=1S/C6H10BN2/c1-6(2)8-3-4-9(7)5-8/h3-6H,1-2H3/q+1. The lowest BCUT2D eigenvalue weighted by molar-refractivity contribution is -0.521. The molecule has 0 aliphatic carbocycles. The second kappa shape index (κ2) is 2.25. The number of imidazole rings is 1. The van der Waals surface area contributed by atoms with E-state index in [-0.39, 0.29) is 0 Å². The third-order valence-electron chi connectivity index (χ3n) is 1.27. The van der Waals surface area contributed by atoms with Crippen LogP contribution in [0.3, 0.4) is 0 Å². The lowest BCUT2D eigenvalue weighted by Crippen LogP contribution is -2.27. The highest BCUT2D eigenvalue weighted by atomic mass is 15.1. The summed E-state index contributed by atoms with van der Waals surface area (Å²) in [6.45, 7) is 4.22. The summed E-state index contributed by atoms with van der Waals surface area (Å²) in [4.78, 5) is 0. The van der Waals surface area contributed by atoms with Gasteiger partial charge in [0.05, 0.1) is 6.04 Å². The van der Waals surface area contributed by atoms with Crippen molar-refractivity contribution < 1.29 is 4.48 Å². The molecule has 46 valence electrons. The van der Waals surface area contributed by atoms with Crippen LogP contribution >= 0.6 is 0 Å². The average Bonchev–Trinajstić information content (AvgIpc) is 2.14. The molecule has 2 radical (unpaired) electrons. The zero-order chi connectivity index (χ0) is 6.85. The topological polar surface area (TPSA) is 8.81 Å². The fraction of sp³-hybridized carbons (Fsp3) is 0.500. The molecule has 9 heavy (non-hydrogen) atoms. The van der Waals surface area contributed by atoms with E-state index >= 15 is 0 Å². The first-order valence-corrected chi connectivity index (χ1v) is 3.04. The average molecular weight is 121 g/mol. The van der Waals surface area contributed by atoms with Gasteiger partial charge in [0, 0.05) is 0 Å². The number of hydrogen-bond donors (Lipinski definition) is 0. The van der Waals surface area contributed by atoms with Gasteiger partial charge in [0.2, 0.25) is 6.33 Å². The third-order valence-corrected chi connectivity index (χ3v) is 1.27. The van der Waals surface area contributed by atoms with Crippen LogP contribution in [0.4, 0.5) is 0 Å². The molecular weight excluding hydrogens is 111 g/mol. The summed E-state index contributed by atoms with van der Waals surface area (Å²) in [5, 5.41) is 0. The van der Waals surface area contributed by atoms with Crippen LogP contribution in [0, 0.1) is 0 Å². The maximum atomic E-state index is 5.41. The van der Waals surface area contributed by atoms with E-state index in [4.69, 9.17) is 7.98 Å². The maximum absolute atomic E-state index is 5.41. The number of nitrogens with zero attached hydrogens (tertiary/aromatic N) is 2. The minimum atomic E-state index is 0.495. The van der Waals surface area contributed by atoms with E-state index in [1.165, 1.54) is 0 Å². The smallest absolute Gasteiger partial charge is 0.306 e. The second-order valence-electron chi connectivity index (χ2n) is 2.40. The van der Waals surface area contributed by atoms with Crippen molar-refractivity contribution in [2.45, 2.75) is 19.9 Å². The van der Waals surface area contributed by atoms with Gasteiger partial charge in [-0.15, -0.1) is 0 Å². The Kier molecular flexibility index (Phi) is 1.60. The van der Waals surface area contributed by atoms with E-state index in [2.05, 4.69) is 13.8 Å². The quantitative estimate of drug-likeness (QED) is 0.472. The molecule has 0 aromatic carbocycles. The van der Waals surface area contributed by atoms with Crippen LogP contribution in [0.25, 0.3) is 0 Å². The first kappa shape index (κ1) is 6.40. The summed E-state index contributed by atoms with van der Waals surface area (Å²) in [5.41, 5.74) is 0. The van der Waals surface area contributed by atoms with Crippen molar-refractivity contribution in [1.29, 1.82) is 0 Å². The van der Waals surface area contributed by atoms with Crippen LogP contribution in [0.1, 0.15) is 19.9 Å². The SMILES string of the molecule is [B][n+]1ccn(C(C)C)c1. The Morgan fingerprint density at radius 2 is 2.22 bits per heavy atom. The Balaban J connectivity index is 2.85. The summed E-state index contributed by atoms with van der Waals surface area (Å²) in [5.74, 6) is 0. The summed E-state index contributed by atoms with van der Waals surface area (Å²) >= 11 is 0. The molecule has 0 aliphatic rings. The number of aromatic nitrogens is 2. The van der Waals surface area contributed by atoms with E-state index in [1.54, 1.807) is 4.48 Å². The van der Waals surface area contributed by atoms with Gasteiger partial charge < -0.3 is 4.48 Å². The molecule has 2 nitrogen and oxygen atoms in total. The molecule has 0 atom stereocenters. The molecule has 0 spiro atoms. The largest absolute Gasteiger partial charge is 0.408 e. The van der Waals surface area contributed by atoms with Gasteiger partial charge in [-0.25, -0.2) is 4.57 Å². The molecular formula is C6H10BN2+. The predicted octanol–water partition coefficient (Wildman–Crippen LogP) is 0.288. The van der Waals surface area contributed by atoms with Crippen LogP contribution in [-0.2, 0) is 0 Å². The summed E-state index contributed by atoms with van der Waals surface area (Å²) in [6, 6.07) is 0.495. The molecule has 1 aromatic heterocycles. The Morgan fingerprint density at radius 1 is 1.56 bits per heavy atom. The molecule has 3 heteroatoms. The van der Waals surface area contributed by atoms with E-state index < -0.39 is 0 Å². The van der Waals surface area contributed by atoms with Crippen LogP contribution in [0.15, 0.2) is 18.7 Å². The second-order valence-corrected chi connectivity index (χ2v) is 2.40. The van der Waals surface area contributed by atoms with Crippen molar-refractivity contribution in [3.05, 3.63) is 18.7 Å². The van der Waals surface area contributed by atoms with E-state index in [9.17, 15) is 0 Å². The van der Waals surface area contributed by atoms with Crippen molar-refractivity contribution in [3.63, 3.8) is 0 Å². The van der Waals surface area contributed by atoms with Gasteiger partial charge in [0.25, 0.3) is 0 Å². The summed E-state index contributed by atoms with van der Waals surface area (Å²) in [7, 11) is 5.41. The molecule has 0 aliphatic heterocycles.